The third-order valence-electron chi connectivity index (χ3n) is 2.20. The van der Waals surface area contributed by atoms with Gasteiger partial charge in [-0.1, -0.05) is 12.1 Å². The van der Waals surface area contributed by atoms with Gasteiger partial charge in [-0.3, -0.25) is 0 Å². The summed E-state index contributed by atoms with van der Waals surface area (Å²) >= 11 is 0. The first-order valence-electron chi connectivity index (χ1n) is 5.41. The third kappa shape index (κ3) is 2.72. The van der Waals surface area contributed by atoms with Gasteiger partial charge in [-0.15, -0.1) is 0 Å². The molecule has 17 heavy (non-hydrogen) atoms. The van der Waals surface area contributed by atoms with E-state index in [0.717, 1.165) is 11.3 Å². The van der Waals surface area contributed by atoms with Gasteiger partial charge in [0.05, 0.1) is 6.61 Å². The Morgan fingerprint density at radius 2 is 2.29 bits per heavy atom. The fourth-order valence-corrected chi connectivity index (χ4v) is 1.53. The van der Waals surface area contributed by atoms with Gasteiger partial charge in [0.1, 0.15) is 5.75 Å². The summed E-state index contributed by atoms with van der Waals surface area (Å²) in [6, 6.07) is 7.47. The zero-order valence-corrected chi connectivity index (χ0v) is 9.77. The fraction of sp³-hybridized carbons (Fsp3) is 0.231. The molecule has 0 saturated heterocycles. The normalized spacial score (nSPS) is 16.9. The Balaban J connectivity index is 2.26. The smallest absolute Gasteiger partial charge is 0.363 e. The Labute approximate surface area is 99.6 Å². The minimum atomic E-state index is -0.413. The minimum absolute atomic E-state index is 0.316. The summed E-state index contributed by atoms with van der Waals surface area (Å²) in [7, 11) is 0. The summed E-state index contributed by atoms with van der Waals surface area (Å²) in [5.74, 6) is 0.737. The van der Waals surface area contributed by atoms with Crippen LogP contribution < -0.4 is 4.74 Å². The van der Waals surface area contributed by atoms with Crippen molar-refractivity contribution in [2.45, 2.75) is 13.8 Å². The zero-order chi connectivity index (χ0) is 12.3. The molecule has 0 bridgehead atoms. The molecule has 1 aromatic rings. The summed E-state index contributed by atoms with van der Waals surface area (Å²) < 4.78 is 10.2. The molecule has 1 aromatic carbocycles. The molecule has 0 atom stereocenters. The van der Waals surface area contributed by atoms with E-state index in [1.807, 2.05) is 31.2 Å². The van der Waals surface area contributed by atoms with Crippen molar-refractivity contribution in [2.75, 3.05) is 6.61 Å². The van der Waals surface area contributed by atoms with E-state index in [2.05, 4.69) is 4.99 Å². The van der Waals surface area contributed by atoms with Crippen molar-refractivity contribution in [3.8, 4) is 5.75 Å². The van der Waals surface area contributed by atoms with Gasteiger partial charge in [-0.25, -0.2) is 9.79 Å². The van der Waals surface area contributed by atoms with Crippen LogP contribution >= 0.6 is 0 Å². The summed E-state index contributed by atoms with van der Waals surface area (Å²) in [6.07, 6.45) is 1.68. The second kappa shape index (κ2) is 4.82. The van der Waals surface area contributed by atoms with Gasteiger partial charge in [0, 0.05) is 6.92 Å². The SMILES string of the molecule is CCOc1cccc(/C=C2\N=C(C)OC2=O)c1. The minimum Gasteiger partial charge on any atom is -0.494 e. The first kappa shape index (κ1) is 11.4. The van der Waals surface area contributed by atoms with Crippen molar-refractivity contribution < 1.29 is 14.3 Å². The van der Waals surface area contributed by atoms with Crippen LogP contribution in [-0.4, -0.2) is 18.5 Å². The van der Waals surface area contributed by atoms with E-state index in [1.54, 1.807) is 13.0 Å². The van der Waals surface area contributed by atoms with Crippen molar-refractivity contribution >= 4 is 17.9 Å². The van der Waals surface area contributed by atoms with Crippen molar-refractivity contribution in [2.24, 2.45) is 4.99 Å². The lowest BCUT2D eigenvalue weighted by atomic mass is 10.2. The van der Waals surface area contributed by atoms with Crippen LogP contribution in [0.5, 0.6) is 5.75 Å². The second-order valence-electron chi connectivity index (χ2n) is 3.56. The Morgan fingerprint density at radius 1 is 1.47 bits per heavy atom. The van der Waals surface area contributed by atoms with E-state index >= 15 is 0 Å². The maximum Gasteiger partial charge on any atom is 0.363 e. The van der Waals surface area contributed by atoms with E-state index in [4.69, 9.17) is 9.47 Å². The molecule has 1 heterocycles. The number of esters is 1. The average Bonchev–Trinajstić information content (AvgIpc) is 2.58. The third-order valence-corrected chi connectivity index (χ3v) is 2.20. The molecule has 88 valence electrons. The highest BCUT2D eigenvalue weighted by atomic mass is 16.6. The van der Waals surface area contributed by atoms with E-state index in [1.165, 1.54) is 0 Å². The molecule has 0 N–H and O–H groups in total. The fourth-order valence-electron chi connectivity index (χ4n) is 1.53. The Kier molecular flexibility index (Phi) is 3.23. The molecule has 0 aromatic heterocycles. The average molecular weight is 231 g/mol. The molecular formula is C13H13NO3. The molecule has 0 aliphatic carbocycles. The van der Waals surface area contributed by atoms with Crippen molar-refractivity contribution in [3.63, 3.8) is 0 Å². The maximum absolute atomic E-state index is 11.4. The van der Waals surface area contributed by atoms with Gasteiger partial charge in [-0.2, -0.15) is 0 Å². The lowest BCUT2D eigenvalue weighted by Crippen LogP contribution is -1.99. The maximum atomic E-state index is 11.4. The molecule has 0 amide bonds. The zero-order valence-electron chi connectivity index (χ0n) is 9.77. The Morgan fingerprint density at radius 3 is 2.94 bits per heavy atom. The van der Waals surface area contributed by atoms with E-state index in [9.17, 15) is 4.79 Å². The van der Waals surface area contributed by atoms with E-state index in [0.29, 0.717) is 18.2 Å². The second-order valence-corrected chi connectivity index (χ2v) is 3.56. The van der Waals surface area contributed by atoms with Crippen LogP contribution in [0.15, 0.2) is 35.0 Å². The predicted molar refractivity (Wildman–Crippen MR) is 64.8 cm³/mol. The van der Waals surface area contributed by atoms with Crippen molar-refractivity contribution in [1.82, 2.24) is 0 Å². The number of nitrogens with zero attached hydrogens (tertiary/aromatic N) is 1. The van der Waals surface area contributed by atoms with Crippen LogP contribution in [0.3, 0.4) is 0 Å². The van der Waals surface area contributed by atoms with E-state index < -0.39 is 5.97 Å². The number of cyclic esters (lactones) is 1. The number of ether oxygens (including phenoxy) is 2. The number of rotatable bonds is 3. The molecular weight excluding hydrogens is 218 g/mol. The molecule has 0 radical (unpaired) electrons. The molecule has 0 unspecified atom stereocenters. The highest BCUT2D eigenvalue weighted by molar-refractivity contribution is 6.06. The topological polar surface area (TPSA) is 47.9 Å². The van der Waals surface area contributed by atoms with Crippen LogP contribution in [0.1, 0.15) is 19.4 Å². The molecule has 0 spiro atoms. The number of carbonyl (C=O) groups excluding carboxylic acids is 1. The largest absolute Gasteiger partial charge is 0.494 e. The van der Waals surface area contributed by atoms with Gasteiger partial charge < -0.3 is 9.47 Å². The number of hydrogen-bond acceptors (Lipinski definition) is 4. The Hall–Kier alpha value is -2.10. The molecule has 0 saturated carbocycles. The predicted octanol–water partition coefficient (Wildman–Crippen LogP) is 2.40. The van der Waals surface area contributed by atoms with Gasteiger partial charge in [0.2, 0.25) is 0 Å². The van der Waals surface area contributed by atoms with Crippen LogP contribution in [0.2, 0.25) is 0 Å². The molecule has 1 aliphatic heterocycles. The van der Waals surface area contributed by atoms with Gasteiger partial charge in [0.15, 0.2) is 11.6 Å². The molecule has 4 nitrogen and oxygen atoms in total. The molecule has 0 fully saturated rings. The molecule has 2 rings (SSSR count). The van der Waals surface area contributed by atoms with Crippen LogP contribution in [0.25, 0.3) is 6.08 Å². The number of aliphatic imine (C=N–C) groups is 1. The number of hydrogen-bond donors (Lipinski definition) is 0. The Bertz CT molecular complexity index is 503. The van der Waals surface area contributed by atoms with Gasteiger partial charge in [0.25, 0.3) is 0 Å². The van der Waals surface area contributed by atoms with Gasteiger partial charge in [-0.05, 0) is 30.7 Å². The molecule has 4 heteroatoms. The highest BCUT2D eigenvalue weighted by Gasteiger charge is 2.19. The lowest BCUT2D eigenvalue weighted by molar-refractivity contribution is -0.130. The summed E-state index contributed by atoms with van der Waals surface area (Å²) in [4.78, 5) is 15.4. The van der Waals surface area contributed by atoms with E-state index in [-0.39, 0.29) is 0 Å². The van der Waals surface area contributed by atoms with Gasteiger partial charge >= 0.3 is 5.97 Å². The van der Waals surface area contributed by atoms with Crippen molar-refractivity contribution in [3.05, 3.63) is 35.5 Å². The van der Waals surface area contributed by atoms with Crippen molar-refractivity contribution in [1.29, 1.82) is 0 Å². The number of benzene rings is 1. The number of carbonyl (C=O) groups is 1. The monoisotopic (exact) mass is 231 g/mol. The first-order valence-corrected chi connectivity index (χ1v) is 5.41. The highest BCUT2D eigenvalue weighted by Crippen LogP contribution is 2.19. The summed E-state index contributed by atoms with van der Waals surface area (Å²) in [6.45, 7) is 4.18. The lowest BCUT2D eigenvalue weighted by Gasteiger charge is -2.03. The van der Waals surface area contributed by atoms with Crippen LogP contribution in [-0.2, 0) is 9.53 Å². The molecule has 1 aliphatic rings. The quantitative estimate of drug-likeness (QED) is 0.592. The summed E-state index contributed by atoms with van der Waals surface area (Å²) in [5.41, 5.74) is 1.18. The first-order chi connectivity index (χ1) is 8.19. The standard InChI is InChI=1S/C13H13NO3/c1-3-16-11-6-4-5-10(7-11)8-12-13(15)17-9(2)14-12/h4-8H,3H2,1-2H3/b12-8-. The van der Waals surface area contributed by atoms with Crippen LogP contribution in [0, 0.1) is 0 Å². The van der Waals surface area contributed by atoms with Crippen LogP contribution in [0.4, 0.5) is 0 Å². The summed E-state index contributed by atoms with van der Waals surface area (Å²) in [5, 5.41) is 0.